The lowest BCUT2D eigenvalue weighted by Gasteiger charge is -2.40. The molecule has 14 heteroatoms. The minimum absolute atomic E-state index is 0.0327. The number of benzene rings is 2. The normalized spacial score (nSPS) is 19.4. The number of thiophene rings is 2. The van der Waals surface area contributed by atoms with Gasteiger partial charge in [0.15, 0.2) is 0 Å². The van der Waals surface area contributed by atoms with E-state index in [9.17, 15) is 24.9 Å². The summed E-state index contributed by atoms with van der Waals surface area (Å²) in [4.78, 5) is 29.1. The first kappa shape index (κ1) is 36.5. The molecule has 0 saturated carbocycles. The number of ether oxygens (including phenoxy) is 1. The molecule has 1 aliphatic carbocycles. The molecule has 5 N–H and O–H groups in total. The van der Waals surface area contributed by atoms with E-state index in [1.165, 1.54) is 51.5 Å². The van der Waals surface area contributed by atoms with Crippen molar-refractivity contribution in [2.75, 3.05) is 33.2 Å². The summed E-state index contributed by atoms with van der Waals surface area (Å²) in [7, 11) is 2.27. The molecule has 5 heterocycles. The Kier molecular flexibility index (Phi) is 10.2. The Labute approximate surface area is 320 Å². The van der Waals surface area contributed by atoms with Gasteiger partial charge in [-0.15, -0.1) is 27.8 Å². The maximum atomic E-state index is 13.5. The molecule has 1 aliphatic heterocycles. The fraction of sp³-hybridized carbons (Fsp3) is 0.400. The van der Waals surface area contributed by atoms with Gasteiger partial charge in [0.2, 0.25) is 11.2 Å². The Bertz CT molecular complexity index is 2290. The minimum Gasteiger partial charge on any atom is -0.506 e. The average Bonchev–Trinajstić information content (AvgIpc) is 4.01. The number of rotatable bonds is 13. The van der Waals surface area contributed by atoms with Gasteiger partial charge in [-0.05, 0) is 82.6 Å². The molecule has 0 amide bonds. The number of carbonyl (C=O) groups is 1. The number of likely N-dealkylation sites (tertiary alicyclic amines) is 1. The van der Waals surface area contributed by atoms with Gasteiger partial charge in [0.25, 0.3) is 0 Å². The first-order chi connectivity index (χ1) is 26.1. The number of aromatic nitrogens is 4. The molecular formula is C40H45N6O6S2+. The van der Waals surface area contributed by atoms with Crippen LogP contribution in [0.5, 0.6) is 5.75 Å². The first-order valence-corrected chi connectivity index (χ1v) is 20.3. The number of H-pyrrole nitrogens is 1. The van der Waals surface area contributed by atoms with Crippen molar-refractivity contribution in [3.05, 3.63) is 108 Å². The number of phenolic OH excluding ortho intramolecular Hbond substituents is 1. The van der Waals surface area contributed by atoms with Crippen molar-refractivity contribution in [2.24, 2.45) is 0 Å². The third-order valence-corrected chi connectivity index (χ3v) is 13.2. The lowest BCUT2D eigenvalue weighted by Crippen LogP contribution is -2.52. The molecule has 12 nitrogen and oxygen atoms in total. The third kappa shape index (κ3) is 6.98. The zero-order valence-electron chi connectivity index (χ0n) is 30.2. The summed E-state index contributed by atoms with van der Waals surface area (Å²) >= 11 is 2.71. The van der Waals surface area contributed by atoms with Crippen LogP contribution in [0, 0.1) is 0 Å². The van der Waals surface area contributed by atoms with Gasteiger partial charge in [0, 0.05) is 50.3 Å². The van der Waals surface area contributed by atoms with Gasteiger partial charge in [-0.3, -0.25) is 4.79 Å². The zero-order chi connectivity index (χ0) is 37.5. The number of aliphatic hydroxyl groups is 2. The molecule has 1 saturated heterocycles. The summed E-state index contributed by atoms with van der Waals surface area (Å²) < 4.78 is 8.95. The molecule has 1 fully saturated rings. The highest BCUT2D eigenvalue weighted by molar-refractivity contribution is 7.12. The van der Waals surface area contributed by atoms with Crippen LogP contribution >= 0.6 is 22.7 Å². The Morgan fingerprint density at radius 3 is 2.56 bits per heavy atom. The summed E-state index contributed by atoms with van der Waals surface area (Å²) in [5, 5.41) is 49.9. The van der Waals surface area contributed by atoms with Gasteiger partial charge < -0.3 is 34.8 Å². The first-order valence-electron chi connectivity index (χ1n) is 18.6. The van der Waals surface area contributed by atoms with Crippen LogP contribution in [0.25, 0.3) is 21.9 Å². The van der Waals surface area contributed by atoms with Gasteiger partial charge in [-0.2, -0.15) is 0 Å². The van der Waals surface area contributed by atoms with Crippen LogP contribution in [0.3, 0.4) is 0 Å². The predicted molar refractivity (Wildman–Crippen MR) is 209 cm³/mol. The van der Waals surface area contributed by atoms with Crippen LogP contribution < -0.4 is 10.9 Å². The second-order valence-corrected chi connectivity index (χ2v) is 16.8. The molecule has 1 atom stereocenters. The molecule has 8 rings (SSSR count). The van der Waals surface area contributed by atoms with E-state index in [0.717, 1.165) is 80.2 Å². The van der Waals surface area contributed by atoms with E-state index in [1.54, 1.807) is 24.3 Å². The second kappa shape index (κ2) is 15.0. The fourth-order valence-electron chi connectivity index (χ4n) is 8.30. The zero-order valence-corrected chi connectivity index (χ0v) is 31.8. The largest absolute Gasteiger partial charge is 0.506 e. The van der Waals surface area contributed by atoms with Crippen LogP contribution in [-0.4, -0.2) is 85.1 Å². The van der Waals surface area contributed by atoms with Crippen molar-refractivity contribution in [1.82, 2.24) is 25.3 Å². The van der Waals surface area contributed by atoms with Crippen molar-refractivity contribution in [1.29, 1.82) is 0 Å². The molecule has 54 heavy (non-hydrogen) atoms. The molecule has 2 aliphatic rings. The third-order valence-electron chi connectivity index (χ3n) is 11.3. The number of aryl methyl sites for hydroxylation is 2. The smallest absolute Gasteiger partial charge is 0.349 e. The van der Waals surface area contributed by atoms with Crippen LogP contribution in [0.4, 0.5) is 0 Å². The number of phenols is 1. The number of quaternary nitrogens is 1. The SMILES string of the molecule is C[N+]1(CCCn2nnc3cc(CNC[C@H](O)c4ccc(O)c5[nH]c(=O)ccc45)c4c(c32)CCC4)CCC(OC(=O)C(O)(c2cccs2)c2cccs2)CC1. The van der Waals surface area contributed by atoms with Gasteiger partial charge in [-0.1, -0.05) is 23.4 Å². The van der Waals surface area contributed by atoms with Crippen molar-refractivity contribution >= 4 is 50.6 Å². The Hall–Kier alpha value is -4.44. The molecule has 0 unspecified atom stereocenters. The van der Waals surface area contributed by atoms with E-state index < -0.39 is 17.7 Å². The Balaban J connectivity index is 0.868. The molecule has 6 aromatic rings. The van der Waals surface area contributed by atoms with E-state index in [4.69, 9.17) is 4.74 Å². The van der Waals surface area contributed by atoms with E-state index in [-0.39, 0.29) is 17.4 Å². The Morgan fingerprint density at radius 2 is 1.83 bits per heavy atom. The number of aliphatic hydroxyl groups excluding tert-OH is 1. The highest BCUT2D eigenvalue weighted by atomic mass is 32.1. The average molecular weight is 770 g/mol. The number of hydrogen-bond acceptors (Lipinski definition) is 11. The molecule has 4 aromatic heterocycles. The van der Waals surface area contributed by atoms with Gasteiger partial charge >= 0.3 is 5.97 Å². The summed E-state index contributed by atoms with van der Waals surface area (Å²) in [6.45, 7) is 4.37. The van der Waals surface area contributed by atoms with E-state index in [1.807, 2.05) is 22.9 Å². The molecular weight excluding hydrogens is 725 g/mol. The molecule has 0 bridgehead atoms. The monoisotopic (exact) mass is 769 g/mol. The summed E-state index contributed by atoms with van der Waals surface area (Å²) in [6.07, 6.45) is 4.40. The van der Waals surface area contributed by atoms with E-state index >= 15 is 0 Å². The van der Waals surface area contributed by atoms with Gasteiger partial charge in [-0.25, -0.2) is 9.48 Å². The number of nitrogens with one attached hydrogen (secondary N) is 2. The van der Waals surface area contributed by atoms with Crippen molar-refractivity contribution < 1.29 is 29.3 Å². The summed E-state index contributed by atoms with van der Waals surface area (Å²) in [6, 6.07) is 15.6. The maximum Gasteiger partial charge on any atom is 0.349 e. The van der Waals surface area contributed by atoms with E-state index in [0.29, 0.717) is 39.3 Å². The van der Waals surface area contributed by atoms with Crippen LogP contribution in [0.1, 0.15) is 63.8 Å². The molecule has 282 valence electrons. The van der Waals surface area contributed by atoms with Crippen LogP contribution in [0.15, 0.2) is 70.2 Å². The summed E-state index contributed by atoms with van der Waals surface area (Å²) in [5.74, 6) is -0.632. The van der Waals surface area contributed by atoms with Crippen molar-refractivity contribution in [3.63, 3.8) is 0 Å². The predicted octanol–water partition coefficient (Wildman–Crippen LogP) is 4.89. The number of fused-ring (bicyclic) bond motifs is 4. The second-order valence-electron chi connectivity index (χ2n) is 14.9. The molecule has 0 spiro atoms. The number of esters is 1. The number of carbonyl (C=O) groups excluding carboxylic acids is 1. The highest BCUT2D eigenvalue weighted by Crippen LogP contribution is 2.38. The Morgan fingerprint density at radius 1 is 1.09 bits per heavy atom. The van der Waals surface area contributed by atoms with Crippen LogP contribution in [-0.2, 0) is 41.1 Å². The van der Waals surface area contributed by atoms with Gasteiger partial charge in [0.1, 0.15) is 17.4 Å². The number of nitrogens with zero attached hydrogens (tertiary/aromatic N) is 4. The summed E-state index contributed by atoms with van der Waals surface area (Å²) in [5.41, 5.74) is 4.67. The van der Waals surface area contributed by atoms with Crippen LogP contribution in [0.2, 0.25) is 0 Å². The topological polar surface area (TPSA) is 163 Å². The number of pyridine rings is 1. The standard InChI is InChI=1S/C40H44N6O6S2/c1-46(18-14-26(15-19-46)52-39(50)40(51,34-8-3-20-53-34)35-9-4-21-54-35)17-5-16-45-38-30-7-2-6-27(30)25(22-31(38)43-44-45)23-41-24-33(48)28-10-12-32(47)37-29(28)11-13-36(49)42-37/h3-4,8-13,20-22,26,33,41,48,51H,2,5-7,14-19,23-24H2,1H3,(H-,42,43,44,47,49)/p+1/t26?,33-,46?/m0/s1. The lowest BCUT2D eigenvalue weighted by molar-refractivity contribution is -0.915. The lowest BCUT2D eigenvalue weighted by atomic mass is 9.99. The highest BCUT2D eigenvalue weighted by Gasteiger charge is 2.45. The van der Waals surface area contributed by atoms with Crippen molar-refractivity contribution in [3.8, 4) is 5.75 Å². The van der Waals surface area contributed by atoms with Crippen molar-refractivity contribution in [2.45, 2.75) is 69.4 Å². The maximum absolute atomic E-state index is 13.5. The van der Waals surface area contributed by atoms with Gasteiger partial charge in [0.05, 0.1) is 53.6 Å². The number of piperidine rings is 1. The number of aromatic hydroxyl groups is 1. The fourth-order valence-corrected chi connectivity index (χ4v) is 10.0. The number of hydrogen-bond donors (Lipinski definition) is 5. The number of aromatic amines is 1. The molecule has 0 radical (unpaired) electrons. The molecule has 2 aromatic carbocycles. The quantitative estimate of drug-likeness (QED) is 0.0814. The minimum atomic E-state index is -1.78. The van der Waals surface area contributed by atoms with E-state index in [2.05, 4.69) is 38.4 Å².